The number of rotatable bonds is 9. The van der Waals surface area contributed by atoms with Crippen LogP contribution in [0.15, 0.2) is 94.1 Å². The average molecular weight is 516 g/mol. The zero-order chi connectivity index (χ0) is 24.9. The highest BCUT2D eigenvalue weighted by molar-refractivity contribution is 7.99. The molecule has 0 spiro atoms. The van der Waals surface area contributed by atoms with Crippen molar-refractivity contribution in [1.29, 1.82) is 0 Å². The van der Waals surface area contributed by atoms with Gasteiger partial charge in [0.1, 0.15) is 11.8 Å². The summed E-state index contributed by atoms with van der Waals surface area (Å²) in [6, 6.07) is 26.9. The minimum Gasteiger partial charge on any atom is -0.482 e. The third kappa shape index (κ3) is 5.32. The van der Waals surface area contributed by atoms with Crippen molar-refractivity contribution < 1.29 is 19.4 Å². The first-order valence-electron chi connectivity index (χ1n) is 11.6. The summed E-state index contributed by atoms with van der Waals surface area (Å²) in [6.45, 7) is 1.57. The maximum absolute atomic E-state index is 10.8. The first-order valence-corrected chi connectivity index (χ1v) is 13.4. The molecule has 1 aliphatic heterocycles. The normalized spacial score (nSPS) is 16.6. The van der Waals surface area contributed by atoms with Gasteiger partial charge < -0.3 is 14.6 Å². The summed E-state index contributed by atoms with van der Waals surface area (Å²) in [4.78, 5) is 17.7. The summed E-state index contributed by atoms with van der Waals surface area (Å²) in [6.07, 6.45) is 1.44. The summed E-state index contributed by atoms with van der Waals surface area (Å²) in [5, 5.41) is 11.0. The highest BCUT2D eigenvalue weighted by Crippen LogP contribution is 2.43. The molecule has 0 radical (unpaired) electrons. The summed E-state index contributed by atoms with van der Waals surface area (Å²) >= 11 is 3.41. The van der Waals surface area contributed by atoms with Gasteiger partial charge in [-0.25, -0.2) is 9.79 Å². The minimum absolute atomic E-state index is 0.0143. The van der Waals surface area contributed by atoms with E-state index in [0.717, 1.165) is 16.2 Å². The van der Waals surface area contributed by atoms with E-state index in [1.807, 2.05) is 31.2 Å². The molecule has 4 aromatic rings. The van der Waals surface area contributed by atoms with Gasteiger partial charge in [0.15, 0.2) is 19.1 Å². The number of aryl methyl sites for hydroxylation is 1. The molecule has 5 rings (SSSR count). The lowest BCUT2D eigenvalue weighted by molar-refractivity contribution is -0.139. The number of carbonyl (C=O) groups is 1. The van der Waals surface area contributed by atoms with Gasteiger partial charge in [-0.1, -0.05) is 54.6 Å². The van der Waals surface area contributed by atoms with Crippen molar-refractivity contribution in [1.82, 2.24) is 0 Å². The molecule has 3 aromatic carbocycles. The Kier molecular flexibility index (Phi) is 7.39. The van der Waals surface area contributed by atoms with Crippen LogP contribution in [0.4, 0.5) is 0 Å². The Balaban J connectivity index is 1.34. The van der Waals surface area contributed by atoms with Crippen LogP contribution < -0.4 is 4.74 Å². The molecule has 182 valence electrons. The molecule has 0 bridgehead atoms. The van der Waals surface area contributed by atoms with Crippen LogP contribution in [0.3, 0.4) is 0 Å². The van der Waals surface area contributed by atoms with Crippen LogP contribution >= 0.6 is 23.1 Å². The number of benzene rings is 3. The number of aliphatic carboxylic acids is 1. The molecule has 0 amide bonds. The maximum atomic E-state index is 10.8. The molecule has 36 heavy (non-hydrogen) atoms. The molecule has 0 saturated carbocycles. The molecule has 2 atom stereocenters. The second kappa shape index (κ2) is 11.0. The third-order valence-electron chi connectivity index (χ3n) is 5.98. The lowest BCUT2D eigenvalue weighted by Crippen LogP contribution is -2.16. The summed E-state index contributed by atoms with van der Waals surface area (Å²) in [5.41, 5.74) is 5.66. The molecule has 1 aliphatic rings. The number of carboxylic acids is 1. The number of aliphatic imine (C=N–C) groups is 1. The third-order valence-corrected chi connectivity index (χ3v) is 8.06. The number of hydrogen-bond donors (Lipinski definition) is 1. The fraction of sp³-hybridized carbons (Fsp3) is 0.172. The predicted molar refractivity (Wildman–Crippen MR) is 146 cm³/mol. The Hall–Kier alpha value is -3.55. The van der Waals surface area contributed by atoms with E-state index >= 15 is 0 Å². The van der Waals surface area contributed by atoms with E-state index < -0.39 is 5.97 Å². The van der Waals surface area contributed by atoms with Gasteiger partial charge in [-0.3, -0.25) is 0 Å². The summed E-state index contributed by atoms with van der Waals surface area (Å²) in [5.74, 6) is 0.354. The Bertz CT molecular complexity index is 1380. The molecule has 0 saturated heterocycles. The Morgan fingerprint density at radius 3 is 2.58 bits per heavy atom. The highest BCUT2D eigenvalue weighted by Gasteiger charge is 2.31. The summed E-state index contributed by atoms with van der Waals surface area (Å²) < 4.78 is 11.4. The van der Waals surface area contributed by atoms with Crippen molar-refractivity contribution in [3.63, 3.8) is 0 Å². The van der Waals surface area contributed by atoms with Gasteiger partial charge in [-0.2, -0.15) is 0 Å². The van der Waals surface area contributed by atoms with Gasteiger partial charge in [-0.15, -0.1) is 23.1 Å². The van der Waals surface area contributed by atoms with Crippen LogP contribution in [0.2, 0.25) is 0 Å². The van der Waals surface area contributed by atoms with Gasteiger partial charge in [-0.05, 0) is 58.8 Å². The first kappa shape index (κ1) is 24.2. The second-order valence-corrected chi connectivity index (χ2v) is 10.5. The molecule has 2 heterocycles. The molecule has 2 unspecified atom stereocenters. The van der Waals surface area contributed by atoms with E-state index in [-0.39, 0.29) is 18.8 Å². The van der Waals surface area contributed by atoms with Crippen LogP contribution in [0, 0.1) is 6.92 Å². The molecule has 5 nitrogen and oxygen atoms in total. The molecule has 7 heteroatoms. The topological polar surface area (TPSA) is 68.1 Å². The van der Waals surface area contributed by atoms with Crippen molar-refractivity contribution in [2.45, 2.75) is 24.0 Å². The molecule has 1 N–H and O–H groups in total. The van der Waals surface area contributed by atoms with E-state index in [1.54, 1.807) is 29.5 Å². The van der Waals surface area contributed by atoms with Gasteiger partial charge in [0.2, 0.25) is 0 Å². The highest BCUT2D eigenvalue weighted by atomic mass is 32.2. The Morgan fingerprint density at radius 1 is 1.03 bits per heavy atom. The van der Waals surface area contributed by atoms with Crippen molar-refractivity contribution in [3.8, 4) is 28.0 Å². The van der Waals surface area contributed by atoms with Gasteiger partial charge in [0, 0.05) is 16.2 Å². The van der Waals surface area contributed by atoms with Gasteiger partial charge in [0.25, 0.3) is 0 Å². The molecule has 0 fully saturated rings. The molecule has 0 aliphatic carbocycles. The van der Waals surface area contributed by atoms with E-state index in [0.29, 0.717) is 5.75 Å². The van der Waals surface area contributed by atoms with E-state index in [9.17, 15) is 4.79 Å². The lowest BCUT2D eigenvalue weighted by atomic mass is 9.93. The van der Waals surface area contributed by atoms with Crippen molar-refractivity contribution in [3.05, 3.63) is 94.7 Å². The quantitative estimate of drug-likeness (QED) is 0.241. The minimum atomic E-state index is -0.989. The maximum Gasteiger partial charge on any atom is 0.341 e. The molecular formula is C29H25NO4S2. The first-order chi connectivity index (χ1) is 17.6. The SMILES string of the molecule is Cc1cc(SCC2N=COC2c2sccc2-c2ccccc2-c2ccccc2)ccc1OCC(=O)O. The number of carboxylic acid groups (broad SMARTS) is 1. The summed E-state index contributed by atoms with van der Waals surface area (Å²) in [7, 11) is 0. The zero-order valence-electron chi connectivity index (χ0n) is 19.7. The largest absolute Gasteiger partial charge is 0.482 e. The second-order valence-electron chi connectivity index (χ2n) is 8.41. The predicted octanol–water partition coefficient (Wildman–Crippen LogP) is 7.11. The van der Waals surface area contributed by atoms with Crippen LogP contribution in [-0.4, -0.2) is 35.9 Å². The average Bonchev–Trinajstić information content (AvgIpc) is 3.56. The number of ether oxygens (including phenoxy) is 2. The molecule has 1 aromatic heterocycles. The van der Waals surface area contributed by atoms with Gasteiger partial charge in [0.05, 0.1) is 4.88 Å². The zero-order valence-corrected chi connectivity index (χ0v) is 21.3. The number of hydrogen-bond acceptors (Lipinski definition) is 6. The Labute approximate surface area is 218 Å². The van der Waals surface area contributed by atoms with E-state index in [2.05, 4.69) is 65.0 Å². The monoisotopic (exact) mass is 515 g/mol. The number of thioether (sulfide) groups is 1. The van der Waals surface area contributed by atoms with Crippen LogP contribution in [-0.2, 0) is 9.53 Å². The van der Waals surface area contributed by atoms with Crippen molar-refractivity contribution >= 4 is 35.5 Å². The number of nitrogens with zero attached hydrogens (tertiary/aromatic N) is 1. The van der Waals surface area contributed by atoms with Gasteiger partial charge >= 0.3 is 5.97 Å². The lowest BCUT2D eigenvalue weighted by Gasteiger charge is -2.19. The van der Waals surface area contributed by atoms with Crippen molar-refractivity contribution in [2.24, 2.45) is 4.99 Å². The number of thiophene rings is 1. The van der Waals surface area contributed by atoms with Crippen molar-refractivity contribution in [2.75, 3.05) is 12.4 Å². The smallest absolute Gasteiger partial charge is 0.341 e. The van der Waals surface area contributed by atoms with Crippen LogP contribution in [0.25, 0.3) is 22.3 Å². The van der Waals surface area contributed by atoms with E-state index in [4.69, 9.17) is 14.6 Å². The van der Waals surface area contributed by atoms with E-state index in [1.165, 1.54) is 27.1 Å². The molecular weight excluding hydrogens is 490 g/mol. The van der Waals surface area contributed by atoms with Crippen LogP contribution in [0.5, 0.6) is 5.75 Å². The fourth-order valence-electron chi connectivity index (χ4n) is 4.26. The fourth-order valence-corrected chi connectivity index (χ4v) is 6.31. The standard InChI is InChI=1S/C29H25NO4S2/c1-19-15-21(11-12-26(19)33-16-27(31)32)36-17-25-28(34-18-30-25)29-24(13-14-35-29)23-10-6-5-9-22(23)20-7-3-2-4-8-20/h2-15,18,25,28H,16-17H2,1H3,(H,31,32). The Morgan fingerprint density at radius 2 is 1.81 bits per heavy atom. The van der Waals surface area contributed by atoms with Crippen LogP contribution in [0.1, 0.15) is 16.5 Å².